The van der Waals surface area contributed by atoms with Crippen molar-refractivity contribution in [2.24, 2.45) is 0 Å². The summed E-state index contributed by atoms with van der Waals surface area (Å²) in [6.07, 6.45) is 1.29. The third-order valence-corrected chi connectivity index (χ3v) is 10.9. The standard InChI is InChI=1S/C44H46N4O8/c1-29(49)45-39-24-26-48(42(50)46-39)40-27-37(55-43-47-25-10-15-36(47)41(56-43)30-11-6-4-7-12-30)38(54-40)28-53-44(31-13-8-5-9-14-31,32-16-20-34(51-2)21-17-32)33-18-22-35(52-3)23-19-33/h4-9,11-14,16-24,26,36-38,40-41,43H,10,15,25,27-28H2,1-3H3,(H,45,46,49,50)/t36-,37?,38+,40+,41+,43-/m0/s1. The minimum atomic E-state index is -1.10. The maximum absolute atomic E-state index is 13.4. The monoisotopic (exact) mass is 758 g/mol. The highest BCUT2D eigenvalue weighted by molar-refractivity contribution is 5.87. The van der Waals surface area contributed by atoms with E-state index in [2.05, 4.69) is 27.3 Å². The van der Waals surface area contributed by atoms with Crippen molar-refractivity contribution in [1.29, 1.82) is 0 Å². The first kappa shape index (κ1) is 37.5. The zero-order valence-corrected chi connectivity index (χ0v) is 31.7. The van der Waals surface area contributed by atoms with Crippen LogP contribution in [0.15, 0.2) is 126 Å². The number of hydrogen-bond acceptors (Lipinski definition) is 10. The lowest BCUT2D eigenvalue weighted by Gasteiger charge is -2.37. The summed E-state index contributed by atoms with van der Waals surface area (Å²) in [7, 11) is 3.28. The number of fused-ring (bicyclic) bond motifs is 1. The molecule has 12 nitrogen and oxygen atoms in total. The first-order valence-corrected chi connectivity index (χ1v) is 19.0. The van der Waals surface area contributed by atoms with Crippen LogP contribution in [0, 0.1) is 0 Å². The summed E-state index contributed by atoms with van der Waals surface area (Å²) in [6.45, 7) is 2.29. The summed E-state index contributed by atoms with van der Waals surface area (Å²) < 4.78 is 40.2. The van der Waals surface area contributed by atoms with Gasteiger partial charge in [-0.1, -0.05) is 84.9 Å². The third kappa shape index (κ3) is 7.46. The Labute approximate surface area is 325 Å². The van der Waals surface area contributed by atoms with Gasteiger partial charge in [-0.05, 0) is 65.4 Å². The highest BCUT2D eigenvalue weighted by Crippen LogP contribution is 2.45. The number of anilines is 1. The molecule has 3 fully saturated rings. The van der Waals surface area contributed by atoms with Gasteiger partial charge in [0.15, 0.2) is 0 Å². The smallest absolute Gasteiger partial charge is 0.351 e. The zero-order valence-electron chi connectivity index (χ0n) is 31.7. The molecule has 12 heteroatoms. The average Bonchev–Trinajstić information content (AvgIpc) is 3.96. The van der Waals surface area contributed by atoms with Crippen LogP contribution >= 0.6 is 0 Å². The highest BCUT2D eigenvalue weighted by Gasteiger charge is 2.50. The summed E-state index contributed by atoms with van der Waals surface area (Å²) >= 11 is 0. The predicted molar refractivity (Wildman–Crippen MR) is 208 cm³/mol. The van der Waals surface area contributed by atoms with Crippen molar-refractivity contribution in [2.75, 3.05) is 32.7 Å². The van der Waals surface area contributed by atoms with Gasteiger partial charge in [-0.3, -0.25) is 9.36 Å². The summed E-state index contributed by atoms with van der Waals surface area (Å²) in [6, 6.07) is 37.8. The molecule has 290 valence electrons. The van der Waals surface area contributed by atoms with E-state index in [1.807, 2.05) is 97.1 Å². The average molecular weight is 759 g/mol. The van der Waals surface area contributed by atoms with Crippen molar-refractivity contribution in [3.05, 3.63) is 154 Å². The molecule has 1 aromatic heterocycles. The fourth-order valence-electron chi connectivity index (χ4n) is 8.23. The van der Waals surface area contributed by atoms with Gasteiger partial charge in [0.05, 0.1) is 26.9 Å². The molecule has 4 heterocycles. The number of rotatable bonds is 13. The van der Waals surface area contributed by atoms with Crippen LogP contribution in [0.4, 0.5) is 5.82 Å². The zero-order chi connectivity index (χ0) is 38.6. The van der Waals surface area contributed by atoms with Gasteiger partial charge in [0, 0.05) is 32.1 Å². The number of nitrogens with one attached hydrogen (secondary N) is 1. The van der Waals surface area contributed by atoms with E-state index in [-0.39, 0.29) is 30.5 Å². The molecule has 0 aliphatic carbocycles. The Balaban J connectivity index is 1.16. The Kier molecular flexibility index (Phi) is 11.0. The van der Waals surface area contributed by atoms with Crippen LogP contribution in [0.1, 0.15) is 60.8 Å². The third-order valence-electron chi connectivity index (χ3n) is 10.9. The number of amides is 1. The largest absolute Gasteiger partial charge is 0.497 e. The molecular weight excluding hydrogens is 713 g/mol. The van der Waals surface area contributed by atoms with Crippen LogP contribution < -0.4 is 20.5 Å². The van der Waals surface area contributed by atoms with Crippen molar-refractivity contribution >= 4 is 11.7 Å². The Hall–Kier alpha value is -5.37. The molecule has 1 amide bonds. The Bertz CT molecular complexity index is 2100. The molecule has 3 saturated heterocycles. The summed E-state index contributed by atoms with van der Waals surface area (Å²) in [5, 5.41) is 2.58. The van der Waals surface area contributed by atoms with Crippen LogP contribution in [0.2, 0.25) is 0 Å². The maximum atomic E-state index is 13.4. The van der Waals surface area contributed by atoms with Crippen molar-refractivity contribution in [3.8, 4) is 11.5 Å². The molecule has 0 saturated carbocycles. The first-order chi connectivity index (χ1) is 27.4. The molecule has 6 atom stereocenters. The minimum Gasteiger partial charge on any atom is -0.497 e. The van der Waals surface area contributed by atoms with Gasteiger partial charge >= 0.3 is 5.69 Å². The molecule has 3 aliphatic rings. The fraction of sp³-hybridized carbons (Fsp3) is 0.341. The van der Waals surface area contributed by atoms with E-state index in [1.165, 1.54) is 11.5 Å². The fourth-order valence-corrected chi connectivity index (χ4v) is 8.23. The second-order valence-electron chi connectivity index (χ2n) is 14.3. The quantitative estimate of drug-likeness (QED) is 0.135. The van der Waals surface area contributed by atoms with Gasteiger partial charge in [-0.25, -0.2) is 9.69 Å². The summed E-state index contributed by atoms with van der Waals surface area (Å²) in [5.41, 5.74) is 2.10. The molecular formula is C44H46N4O8. The Morgan fingerprint density at radius 3 is 2.07 bits per heavy atom. The second kappa shape index (κ2) is 16.4. The Morgan fingerprint density at radius 1 is 0.839 bits per heavy atom. The molecule has 4 aromatic carbocycles. The van der Waals surface area contributed by atoms with Crippen LogP contribution in [0.25, 0.3) is 0 Å². The van der Waals surface area contributed by atoms with Gasteiger partial charge in [-0.2, -0.15) is 4.98 Å². The number of ether oxygens (including phenoxy) is 6. The van der Waals surface area contributed by atoms with Crippen LogP contribution in [0.5, 0.6) is 11.5 Å². The number of benzene rings is 4. The predicted octanol–water partition coefficient (Wildman–Crippen LogP) is 6.42. The molecule has 1 N–H and O–H groups in total. The molecule has 5 aromatic rings. The van der Waals surface area contributed by atoms with E-state index in [4.69, 9.17) is 28.4 Å². The topological polar surface area (TPSA) is 123 Å². The van der Waals surface area contributed by atoms with E-state index in [0.717, 1.165) is 53.1 Å². The van der Waals surface area contributed by atoms with Gasteiger partial charge in [0.1, 0.15) is 41.4 Å². The lowest BCUT2D eigenvalue weighted by atomic mass is 9.80. The van der Waals surface area contributed by atoms with E-state index in [1.54, 1.807) is 26.5 Å². The van der Waals surface area contributed by atoms with Gasteiger partial charge in [-0.15, -0.1) is 0 Å². The SMILES string of the molecule is COc1ccc(C(OC[C@H]2O[C@@H](n3ccc(NC(C)=O)nc3=O)CC2O[C@H]2O[C@H](c3ccccc3)[C@@H]3CCCN23)(c2ccccc2)c2ccc(OC)cc2)cc1. The molecule has 56 heavy (non-hydrogen) atoms. The van der Waals surface area contributed by atoms with Gasteiger partial charge in [0.2, 0.25) is 12.3 Å². The number of carbonyl (C=O) groups excluding carboxylic acids is 1. The van der Waals surface area contributed by atoms with Crippen molar-refractivity contribution < 1.29 is 33.2 Å². The van der Waals surface area contributed by atoms with E-state index < -0.39 is 36.1 Å². The van der Waals surface area contributed by atoms with E-state index in [0.29, 0.717) is 6.42 Å². The number of hydrogen-bond donors (Lipinski definition) is 1. The number of aromatic nitrogens is 2. The number of carbonyl (C=O) groups is 1. The second-order valence-corrected chi connectivity index (χ2v) is 14.3. The summed E-state index contributed by atoms with van der Waals surface area (Å²) in [4.78, 5) is 31.5. The normalized spacial score (nSPS) is 23.5. The molecule has 0 spiro atoms. The van der Waals surface area contributed by atoms with Gasteiger partial charge in [0.25, 0.3) is 0 Å². The lowest BCUT2D eigenvalue weighted by Crippen LogP contribution is -2.42. The molecule has 0 radical (unpaired) electrons. The van der Waals surface area contributed by atoms with Crippen molar-refractivity contribution in [2.45, 2.75) is 68.8 Å². The van der Waals surface area contributed by atoms with Crippen molar-refractivity contribution in [1.82, 2.24) is 14.5 Å². The van der Waals surface area contributed by atoms with Crippen LogP contribution in [-0.2, 0) is 29.3 Å². The highest BCUT2D eigenvalue weighted by atomic mass is 16.7. The maximum Gasteiger partial charge on any atom is 0.351 e. The van der Waals surface area contributed by atoms with Crippen molar-refractivity contribution in [3.63, 3.8) is 0 Å². The van der Waals surface area contributed by atoms with Crippen LogP contribution in [0.3, 0.4) is 0 Å². The number of methoxy groups -OCH3 is 2. The van der Waals surface area contributed by atoms with E-state index in [9.17, 15) is 9.59 Å². The minimum absolute atomic E-state index is 0.0819. The first-order valence-electron chi connectivity index (χ1n) is 19.0. The molecule has 8 rings (SSSR count). The molecule has 3 aliphatic heterocycles. The lowest BCUT2D eigenvalue weighted by molar-refractivity contribution is -0.225. The summed E-state index contributed by atoms with van der Waals surface area (Å²) in [5.74, 6) is 1.28. The Morgan fingerprint density at radius 2 is 1.46 bits per heavy atom. The molecule has 0 bridgehead atoms. The number of nitrogens with zero attached hydrogens (tertiary/aromatic N) is 3. The molecule has 1 unspecified atom stereocenters. The van der Waals surface area contributed by atoms with Crippen LogP contribution in [-0.4, -0.2) is 72.4 Å². The van der Waals surface area contributed by atoms with Gasteiger partial charge < -0.3 is 33.7 Å². The van der Waals surface area contributed by atoms with E-state index >= 15 is 0 Å².